The van der Waals surface area contributed by atoms with E-state index in [4.69, 9.17) is 11.6 Å². The molecular weight excluding hydrogens is 420 g/mol. The van der Waals surface area contributed by atoms with Crippen LogP contribution < -0.4 is 10.9 Å². The summed E-state index contributed by atoms with van der Waals surface area (Å²) in [6, 6.07) is 10.8. The van der Waals surface area contributed by atoms with Crippen LogP contribution in [0.4, 0.5) is 0 Å². The van der Waals surface area contributed by atoms with Gasteiger partial charge < -0.3 is 4.57 Å². The molecule has 3 rings (SSSR count). The van der Waals surface area contributed by atoms with E-state index in [2.05, 4.69) is 31.8 Å². The van der Waals surface area contributed by atoms with Crippen LogP contribution in [-0.4, -0.2) is 21.4 Å². The Kier molecular flexibility index (Phi) is 5.39. The van der Waals surface area contributed by atoms with Crippen molar-refractivity contribution in [3.8, 4) is 0 Å². The standard InChI is InChI=1S/C18H14BrClN4O2/c1-24-10-12(19)8-16(24)18(26)23-22-17(25)7-6-14-5-3-11-2-4-13(20)9-15(11)21-14/h2-10H,1H3,(H,22,25)(H,23,26). The number of rotatable bonds is 3. The number of nitrogens with one attached hydrogen (secondary N) is 2. The zero-order valence-electron chi connectivity index (χ0n) is 13.7. The summed E-state index contributed by atoms with van der Waals surface area (Å²) in [4.78, 5) is 28.3. The molecule has 2 aromatic heterocycles. The number of hydrazine groups is 1. The average molecular weight is 434 g/mol. The maximum atomic E-state index is 12.0. The Hall–Kier alpha value is -2.64. The van der Waals surface area contributed by atoms with Gasteiger partial charge in [0.15, 0.2) is 0 Å². The van der Waals surface area contributed by atoms with Crippen molar-refractivity contribution in [1.82, 2.24) is 20.4 Å². The van der Waals surface area contributed by atoms with Crippen LogP contribution in [0.25, 0.3) is 17.0 Å². The molecule has 6 nitrogen and oxygen atoms in total. The molecular formula is C18H14BrClN4O2. The molecule has 0 radical (unpaired) electrons. The molecule has 0 aliphatic heterocycles. The second-order valence-electron chi connectivity index (χ2n) is 5.50. The third-order valence-corrected chi connectivity index (χ3v) is 4.25. The van der Waals surface area contributed by atoms with Gasteiger partial charge in [-0.1, -0.05) is 23.7 Å². The van der Waals surface area contributed by atoms with Crippen molar-refractivity contribution in [3.63, 3.8) is 0 Å². The summed E-state index contributed by atoms with van der Waals surface area (Å²) in [5.74, 6) is -0.891. The number of pyridine rings is 1. The van der Waals surface area contributed by atoms with E-state index in [1.807, 2.05) is 12.1 Å². The lowest BCUT2D eigenvalue weighted by atomic mass is 10.2. The summed E-state index contributed by atoms with van der Waals surface area (Å²) in [5, 5.41) is 1.55. The Morgan fingerprint density at radius 2 is 1.96 bits per heavy atom. The fraction of sp³-hybridized carbons (Fsp3) is 0.0556. The summed E-state index contributed by atoms with van der Waals surface area (Å²) in [5.41, 5.74) is 6.44. The molecule has 2 amide bonds. The van der Waals surface area contributed by atoms with Crippen LogP contribution in [0.1, 0.15) is 16.2 Å². The normalized spacial score (nSPS) is 11.0. The Balaban J connectivity index is 1.62. The first-order chi connectivity index (χ1) is 12.4. The van der Waals surface area contributed by atoms with Gasteiger partial charge in [-0.2, -0.15) is 0 Å². The second kappa shape index (κ2) is 7.72. The summed E-state index contributed by atoms with van der Waals surface area (Å²) >= 11 is 9.25. The number of carbonyl (C=O) groups excluding carboxylic acids is 2. The average Bonchev–Trinajstić information content (AvgIpc) is 2.95. The van der Waals surface area contributed by atoms with E-state index in [1.165, 1.54) is 6.08 Å². The minimum Gasteiger partial charge on any atom is -0.345 e. The molecule has 26 heavy (non-hydrogen) atoms. The first-order valence-electron chi connectivity index (χ1n) is 7.59. The highest BCUT2D eigenvalue weighted by Gasteiger charge is 2.11. The number of benzene rings is 1. The molecule has 2 heterocycles. The summed E-state index contributed by atoms with van der Waals surface area (Å²) in [6.07, 6.45) is 4.59. The van der Waals surface area contributed by atoms with Crippen LogP contribution in [0.15, 0.2) is 53.1 Å². The van der Waals surface area contributed by atoms with Gasteiger partial charge >= 0.3 is 0 Å². The van der Waals surface area contributed by atoms with Crippen LogP contribution in [0.3, 0.4) is 0 Å². The Morgan fingerprint density at radius 3 is 2.69 bits per heavy atom. The highest BCUT2D eigenvalue weighted by molar-refractivity contribution is 9.10. The van der Waals surface area contributed by atoms with Crippen LogP contribution in [0.2, 0.25) is 5.02 Å². The lowest BCUT2D eigenvalue weighted by Gasteiger charge is -2.05. The van der Waals surface area contributed by atoms with Crippen molar-refractivity contribution in [1.29, 1.82) is 0 Å². The molecule has 132 valence electrons. The van der Waals surface area contributed by atoms with E-state index < -0.39 is 11.8 Å². The van der Waals surface area contributed by atoms with Gasteiger partial charge in [-0.15, -0.1) is 0 Å². The summed E-state index contributed by atoms with van der Waals surface area (Å²) < 4.78 is 2.42. The van der Waals surface area contributed by atoms with E-state index >= 15 is 0 Å². The van der Waals surface area contributed by atoms with Gasteiger partial charge in [-0.05, 0) is 46.3 Å². The zero-order valence-corrected chi connectivity index (χ0v) is 16.0. The van der Waals surface area contributed by atoms with Crippen molar-refractivity contribution in [3.05, 3.63) is 69.6 Å². The van der Waals surface area contributed by atoms with Crippen molar-refractivity contribution in [2.75, 3.05) is 0 Å². The summed E-state index contributed by atoms with van der Waals surface area (Å²) in [7, 11) is 1.74. The zero-order chi connectivity index (χ0) is 18.7. The predicted molar refractivity (Wildman–Crippen MR) is 105 cm³/mol. The van der Waals surface area contributed by atoms with E-state index in [0.717, 1.165) is 15.4 Å². The van der Waals surface area contributed by atoms with Gasteiger partial charge in [-0.25, -0.2) is 4.98 Å². The number of aryl methyl sites for hydroxylation is 1. The first kappa shape index (κ1) is 18.2. The van der Waals surface area contributed by atoms with Crippen molar-refractivity contribution >= 4 is 56.3 Å². The molecule has 3 aromatic rings. The van der Waals surface area contributed by atoms with Crippen LogP contribution >= 0.6 is 27.5 Å². The lowest BCUT2D eigenvalue weighted by Crippen LogP contribution is -2.41. The van der Waals surface area contributed by atoms with E-state index in [-0.39, 0.29) is 0 Å². The Labute approximate surface area is 163 Å². The van der Waals surface area contributed by atoms with E-state index in [0.29, 0.717) is 16.4 Å². The molecule has 8 heteroatoms. The van der Waals surface area contributed by atoms with Gasteiger partial charge in [0, 0.05) is 34.2 Å². The largest absolute Gasteiger partial charge is 0.345 e. The number of aromatic nitrogens is 2. The minimum atomic E-state index is -0.473. The minimum absolute atomic E-state index is 0.411. The number of nitrogens with zero attached hydrogens (tertiary/aromatic N) is 2. The second-order valence-corrected chi connectivity index (χ2v) is 6.86. The number of hydrogen-bond acceptors (Lipinski definition) is 3. The lowest BCUT2D eigenvalue weighted by molar-refractivity contribution is -0.117. The first-order valence-corrected chi connectivity index (χ1v) is 8.76. The van der Waals surface area contributed by atoms with Gasteiger partial charge in [0.2, 0.25) is 0 Å². The van der Waals surface area contributed by atoms with Gasteiger partial charge in [0.1, 0.15) is 5.69 Å². The molecule has 1 aromatic carbocycles. The fourth-order valence-electron chi connectivity index (χ4n) is 2.33. The molecule has 0 bridgehead atoms. The molecule has 0 saturated carbocycles. The SMILES string of the molecule is Cn1cc(Br)cc1C(=O)NNC(=O)C=Cc1ccc2ccc(Cl)cc2n1. The fourth-order valence-corrected chi connectivity index (χ4v) is 3.02. The Morgan fingerprint density at radius 1 is 1.19 bits per heavy atom. The van der Waals surface area contributed by atoms with Gasteiger partial charge in [-0.3, -0.25) is 20.4 Å². The molecule has 2 N–H and O–H groups in total. The molecule has 0 fully saturated rings. The number of fused-ring (bicyclic) bond motifs is 1. The van der Waals surface area contributed by atoms with Crippen LogP contribution in [0.5, 0.6) is 0 Å². The smallest absolute Gasteiger partial charge is 0.286 e. The molecule has 0 aliphatic carbocycles. The van der Waals surface area contributed by atoms with Crippen LogP contribution in [-0.2, 0) is 11.8 Å². The molecule has 0 atom stereocenters. The number of carbonyl (C=O) groups is 2. The topological polar surface area (TPSA) is 76.0 Å². The quantitative estimate of drug-likeness (QED) is 0.490. The predicted octanol–water partition coefficient (Wildman–Crippen LogP) is 3.46. The summed E-state index contributed by atoms with van der Waals surface area (Å²) in [6.45, 7) is 0. The van der Waals surface area contributed by atoms with E-state index in [9.17, 15) is 9.59 Å². The van der Waals surface area contributed by atoms with Crippen molar-refractivity contribution in [2.24, 2.45) is 7.05 Å². The van der Waals surface area contributed by atoms with Crippen molar-refractivity contribution in [2.45, 2.75) is 0 Å². The molecule has 0 aliphatic rings. The maximum absolute atomic E-state index is 12.0. The highest BCUT2D eigenvalue weighted by atomic mass is 79.9. The van der Waals surface area contributed by atoms with Gasteiger partial charge in [0.05, 0.1) is 11.2 Å². The van der Waals surface area contributed by atoms with Gasteiger partial charge in [0.25, 0.3) is 11.8 Å². The monoisotopic (exact) mass is 432 g/mol. The molecule has 0 unspecified atom stereocenters. The van der Waals surface area contributed by atoms with Crippen LogP contribution in [0, 0.1) is 0 Å². The highest BCUT2D eigenvalue weighted by Crippen LogP contribution is 2.18. The third-order valence-electron chi connectivity index (χ3n) is 3.58. The Bertz CT molecular complexity index is 1030. The number of halogens is 2. The molecule has 0 saturated heterocycles. The number of hydrogen-bond donors (Lipinski definition) is 2. The maximum Gasteiger partial charge on any atom is 0.286 e. The van der Waals surface area contributed by atoms with E-state index in [1.54, 1.807) is 48.2 Å². The van der Waals surface area contributed by atoms with Crippen molar-refractivity contribution < 1.29 is 9.59 Å². The number of amides is 2. The molecule has 0 spiro atoms. The third kappa shape index (κ3) is 4.30.